The number of rotatable bonds is 2. The van der Waals surface area contributed by atoms with Crippen LogP contribution in [0, 0.1) is 13.8 Å². The fourth-order valence-electron chi connectivity index (χ4n) is 2.50. The number of nitrogens with zero attached hydrogens (tertiary/aromatic N) is 2. The maximum absolute atomic E-state index is 9.60. The zero-order valence-electron chi connectivity index (χ0n) is 11.6. The first-order valence-corrected chi connectivity index (χ1v) is 6.56. The first kappa shape index (κ1) is 12.7. The monoisotopic (exact) mass is 267 g/mol. The molecule has 0 amide bonds. The van der Waals surface area contributed by atoms with E-state index in [1.807, 2.05) is 34.9 Å². The van der Waals surface area contributed by atoms with Crippen molar-refractivity contribution in [2.24, 2.45) is 0 Å². The minimum absolute atomic E-state index is 0.109. The molecule has 2 aromatic carbocycles. The van der Waals surface area contributed by atoms with E-state index in [1.165, 1.54) is 11.1 Å². The lowest BCUT2D eigenvalue weighted by molar-refractivity contribution is 0.270. The third-order valence-corrected chi connectivity index (χ3v) is 3.71. The predicted molar refractivity (Wildman–Crippen MR) is 80.9 cm³/mol. The molecule has 0 aliphatic carbocycles. The molecule has 0 bridgehead atoms. The average Bonchev–Trinajstić information content (AvgIpc) is 2.79. The molecule has 4 heteroatoms. The lowest BCUT2D eigenvalue weighted by Crippen LogP contribution is -2.03. The van der Waals surface area contributed by atoms with E-state index in [-0.39, 0.29) is 6.61 Å². The van der Waals surface area contributed by atoms with Gasteiger partial charge in [0.25, 0.3) is 0 Å². The van der Waals surface area contributed by atoms with Gasteiger partial charge in [-0.15, -0.1) is 0 Å². The number of anilines is 1. The van der Waals surface area contributed by atoms with Crippen molar-refractivity contribution in [3.05, 3.63) is 53.3 Å². The van der Waals surface area contributed by atoms with Crippen LogP contribution in [0.3, 0.4) is 0 Å². The number of nitrogen functional groups attached to an aromatic ring is 1. The van der Waals surface area contributed by atoms with Crippen LogP contribution in [0.1, 0.15) is 17.0 Å². The molecular formula is C16H17N3O. The lowest BCUT2D eigenvalue weighted by atomic mass is 10.1. The normalized spacial score (nSPS) is 11.2. The summed E-state index contributed by atoms with van der Waals surface area (Å²) in [5.41, 5.74) is 11.7. The molecular weight excluding hydrogens is 250 g/mol. The molecule has 102 valence electrons. The molecule has 0 spiro atoms. The van der Waals surface area contributed by atoms with E-state index in [0.29, 0.717) is 11.5 Å². The van der Waals surface area contributed by atoms with Gasteiger partial charge >= 0.3 is 0 Å². The molecule has 0 atom stereocenters. The van der Waals surface area contributed by atoms with Gasteiger partial charge in [0, 0.05) is 5.69 Å². The Bertz CT molecular complexity index is 790. The fourth-order valence-corrected chi connectivity index (χ4v) is 2.50. The maximum Gasteiger partial charge on any atom is 0.140 e. The van der Waals surface area contributed by atoms with Crippen LogP contribution >= 0.6 is 0 Å². The van der Waals surface area contributed by atoms with Crippen molar-refractivity contribution < 1.29 is 5.11 Å². The van der Waals surface area contributed by atoms with E-state index in [2.05, 4.69) is 24.9 Å². The number of aromatic nitrogens is 2. The van der Waals surface area contributed by atoms with E-state index >= 15 is 0 Å². The number of imidazole rings is 1. The van der Waals surface area contributed by atoms with E-state index in [0.717, 1.165) is 16.7 Å². The summed E-state index contributed by atoms with van der Waals surface area (Å²) in [7, 11) is 0. The predicted octanol–water partition coefficient (Wildman–Crippen LogP) is 2.72. The Labute approximate surface area is 117 Å². The highest BCUT2D eigenvalue weighted by molar-refractivity contribution is 5.81. The first-order valence-electron chi connectivity index (χ1n) is 6.56. The van der Waals surface area contributed by atoms with Crippen LogP contribution in [0.4, 0.5) is 5.69 Å². The van der Waals surface area contributed by atoms with Gasteiger partial charge in [-0.2, -0.15) is 0 Å². The van der Waals surface area contributed by atoms with Crippen LogP contribution in [0.5, 0.6) is 0 Å². The number of aliphatic hydroxyl groups is 1. The van der Waals surface area contributed by atoms with E-state index in [4.69, 9.17) is 5.73 Å². The third-order valence-electron chi connectivity index (χ3n) is 3.71. The molecule has 0 unspecified atom stereocenters. The molecule has 3 rings (SSSR count). The number of aliphatic hydroxyl groups excluding tert-OH is 1. The maximum atomic E-state index is 9.60. The Hall–Kier alpha value is -2.33. The number of nitrogens with two attached hydrogens (primary N) is 1. The lowest BCUT2D eigenvalue weighted by Gasteiger charge is -2.13. The zero-order valence-corrected chi connectivity index (χ0v) is 11.6. The highest BCUT2D eigenvalue weighted by atomic mass is 16.3. The molecule has 0 radical (unpaired) electrons. The topological polar surface area (TPSA) is 64.1 Å². The molecule has 0 aliphatic rings. The largest absolute Gasteiger partial charge is 0.399 e. The van der Waals surface area contributed by atoms with Crippen molar-refractivity contribution in [3.8, 4) is 5.69 Å². The summed E-state index contributed by atoms with van der Waals surface area (Å²) >= 11 is 0. The molecule has 0 fully saturated rings. The van der Waals surface area contributed by atoms with Gasteiger partial charge in [0.1, 0.15) is 12.4 Å². The molecule has 4 nitrogen and oxygen atoms in total. The van der Waals surface area contributed by atoms with E-state index in [1.54, 1.807) is 0 Å². The van der Waals surface area contributed by atoms with Crippen molar-refractivity contribution in [3.63, 3.8) is 0 Å². The molecule has 3 aromatic rings. The van der Waals surface area contributed by atoms with Gasteiger partial charge in [-0.25, -0.2) is 4.98 Å². The van der Waals surface area contributed by atoms with Crippen LogP contribution in [-0.2, 0) is 6.61 Å². The Kier molecular flexibility index (Phi) is 2.95. The number of benzene rings is 2. The second-order valence-corrected chi connectivity index (χ2v) is 4.99. The van der Waals surface area contributed by atoms with Gasteiger partial charge in [-0.3, -0.25) is 4.57 Å². The fraction of sp³-hybridized carbons (Fsp3) is 0.188. The first-order chi connectivity index (χ1) is 9.61. The van der Waals surface area contributed by atoms with Crippen molar-refractivity contribution in [2.45, 2.75) is 20.5 Å². The molecule has 1 heterocycles. The summed E-state index contributed by atoms with van der Waals surface area (Å²) in [6, 6.07) is 11.8. The quantitative estimate of drug-likeness (QED) is 0.702. The number of aryl methyl sites for hydroxylation is 1. The van der Waals surface area contributed by atoms with Crippen molar-refractivity contribution in [2.75, 3.05) is 5.73 Å². The molecule has 20 heavy (non-hydrogen) atoms. The summed E-state index contributed by atoms with van der Waals surface area (Å²) in [5.74, 6) is 0.624. The number of fused-ring (bicyclic) bond motifs is 1. The van der Waals surface area contributed by atoms with E-state index < -0.39 is 0 Å². The standard InChI is InChI=1S/C16H17N3O/c1-10-4-3-5-14(11(10)2)19-15-7-6-12(17)8-13(15)18-16(19)9-20/h3-8,20H,9,17H2,1-2H3. The Balaban J connectivity index is 2.37. The minimum atomic E-state index is -0.109. The van der Waals surface area contributed by atoms with Crippen molar-refractivity contribution in [1.82, 2.24) is 9.55 Å². The molecule has 1 aromatic heterocycles. The highest BCUT2D eigenvalue weighted by Crippen LogP contribution is 2.26. The smallest absolute Gasteiger partial charge is 0.140 e. The molecule has 0 aliphatic heterocycles. The van der Waals surface area contributed by atoms with Gasteiger partial charge in [0.05, 0.1) is 16.7 Å². The highest BCUT2D eigenvalue weighted by Gasteiger charge is 2.14. The molecule has 0 saturated heterocycles. The minimum Gasteiger partial charge on any atom is -0.399 e. The van der Waals surface area contributed by atoms with Crippen LogP contribution in [0.15, 0.2) is 36.4 Å². The van der Waals surface area contributed by atoms with Gasteiger partial charge in [0.15, 0.2) is 0 Å². The van der Waals surface area contributed by atoms with Gasteiger partial charge in [-0.1, -0.05) is 12.1 Å². The van der Waals surface area contributed by atoms with Crippen LogP contribution < -0.4 is 5.73 Å². The summed E-state index contributed by atoms with van der Waals surface area (Å²) in [6.07, 6.45) is 0. The van der Waals surface area contributed by atoms with Gasteiger partial charge in [0.2, 0.25) is 0 Å². The number of hydrogen-bond donors (Lipinski definition) is 2. The Morgan fingerprint density at radius 3 is 2.75 bits per heavy atom. The molecule has 3 N–H and O–H groups in total. The van der Waals surface area contributed by atoms with Gasteiger partial charge in [-0.05, 0) is 49.2 Å². The Morgan fingerprint density at radius 1 is 1.20 bits per heavy atom. The zero-order chi connectivity index (χ0) is 14.3. The van der Waals surface area contributed by atoms with Crippen LogP contribution in [0.25, 0.3) is 16.7 Å². The average molecular weight is 267 g/mol. The third kappa shape index (κ3) is 1.85. The van der Waals surface area contributed by atoms with Crippen LogP contribution in [-0.4, -0.2) is 14.7 Å². The molecule has 0 saturated carbocycles. The summed E-state index contributed by atoms with van der Waals surface area (Å²) in [4.78, 5) is 4.47. The summed E-state index contributed by atoms with van der Waals surface area (Å²) < 4.78 is 2.00. The van der Waals surface area contributed by atoms with Crippen molar-refractivity contribution >= 4 is 16.7 Å². The summed E-state index contributed by atoms with van der Waals surface area (Å²) in [5, 5.41) is 9.60. The SMILES string of the molecule is Cc1cccc(-n2c(CO)nc3cc(N)ccc32)c1C. The van der Waals surface area contributed by atoms with E-state index in [9.17, 15) is 5.11 Å². The van der Waals surface area contributed by atoms with Crippen LogP contribution in [0.2, 0.25) is 0 Å². The summed E-state index contributed by atoms with van der Waals surface area (Å²) in [6.45, 7) is 4.05. The second kappa shape index (κ2) is 4.65. The van der Waals surface area contributed by atoms with Gasteiger partial charge < -0.3 is 10.8 Å². The van der Waals surface area contributed by atoms with Crippen molar-refractivity contribution in [1.29, 1.82) is 0 Å². The second-order valence-electron chi connectivity index (χ2n) is 4.99. The number of hydrogen-bond acceptors (Lipinski definition) is 3. The Morgan fingerprint density at radius 2 is 2.00 bits per heavy atom.